The first-order valence-corrected chi connectivity index (χ1v) is 8.59. The molecule has 0 aliphatic carbocycles. The van der Waals surface area contributed by atoms with Crippen LogP contribution in [0.15, 0.2) is 54.6 Å². The van der Waals surface area contributed by atoms with E-state index in [0.29, 0.717) is 0 Å². The van der Waals surface area contributed by atoms with Gasteiger partial charge < -0.3 is 10.4 Å². The minimum atomic E-state index is -5.02. The second-order valence-electron chi connectivity index (χ2n) is 7.70. The molecule has 0 unspecified atom stereocenters. The average molecular weight is 379 g/mol. The topological polar surface area (TPSA) is 49.3 Å². The number of halogens is 3. The molecule has 2 N–H and O–H groups in total. The molecule has 2 atom stereocenters. The van der Waals surface area contributed by atoms with Crippen LogP contribution in [0.1, 0.15) is 43.5 Å². The number of rotatable bonds is 4. The van der Waals surface area contributed by atoms with Crippen molar-refractivity contribution < 1.29 is 23.1 Å². The highest BCUT2D eigenvalue weighted by Crippen LogP contribution is 2.47. The van der Waals surface area contributed by atoms with Crippen LogP contribution < -0.4 is 5.32 Å². The quantitative estimate of drug-likeness (QED) is 0.813. The van der Waals surface area contributed by atoms with Gasteiger partial charge in [-0.05, 0) is 18.1 Å². The van der Waals surface area contributed by atoms with Gasteiger partial charge in [0.2, 0.25) is 11.5 Å². The Morgan fingerprint density at radius 2 is 1.48 bits per heavy atom. The van der Waals surface area contributed by atoms with E-state index >= 15 is 0 Å². The van der Waals surface area contributed by atoms with Gasteiger partial charge in [0.05, 0.1) is 6.04 Å². The molecule has 0 aliphatic heterocycles. The third-order valence-electron chi connectivity index (χ3n) is 4.43. The molecule has 27 heavy (non-hydrogen) atoms. The molecule has 0 aromatic heterocycles. The predicted molar refractivity (Wildman–Crippen MR) is 97.9 cm³/mol. The van der Waals surface area contributed by atoms with Crippen molar-refractivity contribution in [3.63, 3.8) is 0 Å². The highest BCUT2D eigenvalue weighted by atomic mass is 19.4. The van der Waals surface area contributed by atoms with Gasteiger partial charge in [0, 0.05) is 5.41 Å². The zero-order chi connectivity index (χ0) is 20.5. The SMILES string of the molecule is Cc1ccc([C@H](NC(=O)C(C)(C)C)[C@](O)(c2ccccc2)C(F)(F)F)cc1. The van der Waals surface area contributed by atoms with Crippen LogP contribution in [0, 0.1) is 12.3 Å². The average Bonchev–Trinajstić information content (AvgIpc) is 2.58. The van der Waals surface area contributed by atoms with Crippen LogP contribution in [-0.4, -0.2) is 17.2 Å². The second-order valence-corrected chi connectivity index (χ2v) is 7.70. The second kappa shape index (κ2) is 7.35. The maximum atomic E-state index is 14.2. The van der Waals surface area contributed by atoms with Gasteiger partial charge in [-0.2, -0.15) is 13.2 Å². The first-order valence-electron chi connectivity index (χ1n) is 8.59. The van der Waals surface area contributed by atoms with Gasteiger partial charge in [-0.1, -0.05) is 80.9 Å². The largest absolute Gasteiger partial charge is 0.423 e. The summed E-state index contributed by atoms with van der Waals surface area (Å²) >= 11 is 0. The fourth-order valence-electron chi connectivity index (χ4n) is 2.72. The zero-order valence-corrected chi connectivity index (χ0v) is 15.8. The van der Waals surface area contributed by atoms with Crippen molar-refractivity contribution in [3.05, 3.63) is 71.3 Å². The molecule has 2 aromatic carbocycles. The Balaban J connectivity index is 2.67. The zero-order valence-electron chi connectivity index (χ0n) is 15.8. The van der Waals surface area contributed by atoms with Crippen molar-refractivity contribution in [2.75, 3.05) is 0 Å². The first-order chi connectivity index (χ1) is 12.4. The van der Waals surface area contributed by atoms with Crippen LogP contribution in [0.4, 0.5) is 13.2 Å². The molecule has 0 bridgehead atoms. The summed E-state index contributed by atoms with van der Waals surface area (Å²) < 4.78 is 42.5. The monoisotopic (exact) mass is 379 g/mol. The lowest BCUT2D eigenvalue weighted by atomic mass is 9.80. The smallest absolute Gasteiger partial charge is 0.374 e. The highest BCUT2D eigenvalue weighted by molar-refractivity contribution is 5.82. The number of hydrogen-bond acceptors (Lipinski definition) is 2. The summed E-state index contributed by atoms with van der Waals surface area (Å²) in [6.45, 7) is 6.61. The van der Waals surface area contributed by atoms with Gasteiger partial charge in [0.1, 0.15) is 0 Å². The molecular formula is C21H24F3NO2. The third kappa shape index (κ3) is 4.33. The summed E-state index contributed by atoms with van der Waals surface area (Å²) in [5.74, 6) is -0.591. The molecule has 2 aromatic rings. The third-order valence-corrected chi connectivity index (χ3v) is 4.43. The molecule has 146 valence electrons. The summed E-state index contributed by atoms with van der Waals surface area (Å²) in [6, 6.07) is 11.4. The number of amides is 1. The molecule has 6 heteroatoms. The Kier molecular flexibility index (Phi) is 5.71. The lowest BCUT2D eigenvalue weighted by Crippen LogP contribution is -2.54. The number of aryl methyl sites for hydroxylation is 1. The van der Waals surface area contributed by atoms with Gasteiger partial charge in [0.25, 0.3) is 0 Å². The number of carbonyl (C=O) groups excluding carboxylic acids is 1. The molecule has 0 radical (unpaired) electrons. The van der Waals surface area contributed by atoms with E-state index in [1.807, 2.05) is 0 Å². The van der Waals surface area contributed by atoms with Crippen molar-refractivity contribution in [3.8, 4) is 0 Å². The van der Waals surface area contributed by atoms with Crippen LogP contribution in [0.3, 0.4) is 0 Å². The van der Waals surface area contributed by atoms with Gasteiger partial charge in [0.15, 0.2) is 0 Å². The number of carbonyl (C=O) groups is 1. The first kappa shape index (κ1) is 21.0. The van der Waals surface area contributed by atoms with Crippen molar-refractivity contribution >= 4 is 5.91 Å². The van der Waals surface area contributed by atoms with Gasteiger partial charge >= 0.3 is 6.18 Å². The molecule has 0 saturated carbocycles. The Hall–Kier alpha value is -2.34. The number of benzene rings is 2. The summed E-state index contributed by atoms with van der Waals surface area (Å²) in [5.41, 5.74) is -3.52. The molecular weight excluding hydrogens is 355 g/mol. The lowest BCUT2D eigenvalue weighted by Gasteiger charge is -2.39. The van der Waals surface area contributed by atoms with Crippen LogP contribution >= 0.6 is 0 Å². The fourth-order valence-corrected chi connectivity index (χ4v) is 2.72. The number of alkyl halides is 3. The Labute approximate surface area is 157 Å². The minimum Gasteiger partial charge on any atom is -0.374 e. The van der Waals surface area contributed by atoms with Gasteiger partial charge in [-0.15, -0.1) is 0 Å². The van der Waals surface area contributed by atoms with Crippen LogP contribution in [0.5, 0.6) is 0 Å². The Morgan fingerprint density at radius 1 is 0.963 bits per heavy atom. The van der Waals surface area contributed by atoms with E-state index in [0.717, 1.165) is 5.56 Å². The highest BCUT2D eigenvalue weighted by Gasteiger charge is 2.60. The van der Waals surface area contributed by atoms with Crippen LogP contribution in [0.2, 0.25) is 0 Å². The van der Waals surface area contributed by atoms with Crippen molar-refractivity contribution in [2.45, 2.75) is 45.5 Å². The van der Waals surface area contributed by atoms with E-state index < -0.39 is 29.1 Å². The van der Waals surface area contributed by atoms with Crippen molar-refractivity contribution in [2.24, 2.45) is 5.41 Å². The molecule has 0 heterocycles. The van der Waals surface area contributed by atoms with Crippen molar-refractivity contribution in [1.82, 2.24) is 5.32 Å². The fraction of sp³-hybridized carbons (Fsp3) is 0.381. The standard InChI is InChI=1S/C21H24F3NO2/c1-14-10-12-15(13-11-14)17(25-18(26)19(2,3)4)20(27,21(22,23)24)16-8-6-5-7-9-16/h5-13,17,27H,1-4H3,(H,25,26)/t17-,20+/m0/s1. The maximum absolute atomic E-state index is 14.2. The van der Waals surface area contributed by atoms with E-state index in [4.69, 9.17) is 0 Å². The van der Waals surface area contributed by atoms with E-state index in [-0.39, 0.29) is 11.1 Å². The predicted octanol–water partition coefficient (Wildman–Crippen LogP) is 4.65. The Bertz CT molecular complexity index is 780. The summed E-state index contributed by atoms with van der Waals surface area (Å²) in [7, 11) is 0. The summed E-state index contributed by atoms with van der Waals surface area (Å²) in [6.07, 6.45) is -5.02. The van der Waals surface area contributed by atoms with Crippen molar-refractivity contribution in [1.29, 1.82) is 0 Å². The molecule has 0 fully saturated rings. The number of nitrogens with one attached hydrogen (secondary N) is 1. The maximum Gasteiger partial charge on any atom is 0.423 e. The molecule has 0 saturated heterocycles. The number of hydrogen-bond donors (Lipinski definition) is 2. The van der Waals surface area contributed by atoms with E-state index in [1.54, 1.807) is 45.9 Å². The summed E-state index contributed by atoms with van der Waals surface area (Å²) in [4.78, 5) is 12.5. The van der Waals surface area contributed by atoms with E-state index in [9.17, 15) is 23.1 Å². The van der Waals surface area contributed by atoms with Gasteiger partial charge in [-0.25, -0.2) is 0 Å². The molecule has 1 amide bonds. The Morgan fingerprint density at radius 3 is 1.93 bits per heavy atom. The van der Waals surface area contributed by atoms with E-state index in [2.05, 4.69) is 5.32 Å². The van der Waals surface area contributed by atoms with Crippen LogP contribution in [-0.2, 0) is 10.4 Å². The molecule has 0 aliphatic rings. The van der Waals surface area contributed by atoms with Crippen LogP contribution in [0.25, 0.3) is 0 Å². The molecule has 0 spiro atoms. The van der Waals surface area contributed by atoms with Gasteiger partial charge in [-0.3, -0.25) is 4.79 Å². The molecule has 3 nitrogen and oxygen atoms in total. The normalized spacial score (nSPS) is 15.7. The number of aliphatic hydroxyl groups is 1. The van der Waals surface area contributed by atoms with E-state index in [1.165, 1.54) is 36.4 Å². The minimum absolute atomic E-state index is 0.168. The summed E-state index contributed by atoms with van der Waals surface area (Å²) in [5, 5.41) is 13.4. The lowest BCUT2D eigenvalue weighted by molar-refractivity contribution is -0.278. The molecule has 2 rings (SSSR count).